The van der Waals surface area contributed by atoms with Crippen molar-refractivity contribution in [2.24, 2.45) is 0 Å². The van der Waals surface area contributed by atoms with Gasteiger partial charge in [0.05, 0.1) is 15.4 Å². The van der Waals surface area contributed by atoms with E-state index in [9.17, 15) is 9.59 Å². The Hall–Kier alpha value is -1.85. The number of aryl methyl sites for hydroxylation is 1. The van der Waals surface area contributed by atoms with Crippen LogP contribution in [0.4, 0.5) is 0 Å². The molecule has 2 heterocycles. The SMILES string of the molecule is CCn1c(=O)oc2cc(C(=O)c3sccc3Cl)ccc21. The van der Waals surface area contributed by atoms with Crippen LogP contribution in [0.5, 0.6) is 0 Å². The molecule has 20 heavy (non-hydrogen) atoms. The summed E-state index contributed by atoms with van der Waals surface area (Å²) in [6, 6.07) is 6.67. The number of ketones is 1. The van der Waals surface area contributed by atoms with Crippen molar-refractivity contribution < 1.29 is 9.21 Å². The maximum absolute atomic E-state index is 12.3. The van der Waals surface area contributed by atoms with Crippen molar-refractivity contribution in [2.45, 2.75) is 13.5 Å². The summed E-state index contributed by atoms with van der Waals surface area (Å²) in [5.74, 6) is -0.583. The Balaban J connectivity index is 2.12. The zero-order chi connectivity index (χ0) is 14.3. The second kappa shape index (κ2) is 4.92. The van der Waals surface area contributed by atoms with Crippen LogP contribution in [-0.4, -0.2) is 10.4 Å². The molecule has 0 aliphatic carbocycles. The van der Waals surface area contributed by atoms with E-state index in [2.05, 4.69) is 0 Å². The number of rotatable bonds is 3. The molecule has 4 nitrogen and oxygen atoms in total. The van der Waals surface area contributed by atoms with Gasteiger partial charge in [0.1, 0.15) is 0 Å². The van der Waals surface area contributed by atoms with E-state index in [1.54, 1.807) is 29.6 Å². The van der Waals surface area contributed by atoms with Gasteiger partial charge in [0.15, 0.2) is 5.58 Å². The van der Waals surface area contributed by atoms with E-state index in [4.69, 9.17) is 16.0 Å². The van der Waals surface area contributed by atoms with Crippen LogP contribution in [0.15, 0.2) is 38.9 Å². The molecule has 1 aromatic carbocycles. The lowest BCUT2D eigenvalue weighted by molar-refractivity contribution is 0.104. The van der Waals surface area contributed by atoms with E-state index < -0.39 is 5.76 Å². The van der Waals surface area contributed by atoms with Gasteiger partial charge < -0.3 is 4.42 Å². The second-order valence-corrected chi connectivity index (χ2v) is 5.54. The molecular weight excluding hydrogens is 298 g/mol. The Bertz CT molecular complexity index is 859. The topological polar surface area (TPSA) is 52.2 Å². The molecular formula is C14H10ClNO3S. The Kier molecular flexibility index (Phi) is 3.23. The fourth-order valence-electron chi connectivity index (χ4n) is 2.09. The number of carbonyl (C=O) groups is 1. The summed E-state index contributed by atoms with van der Waals surface area (Å²) in [4.78, 5) is 24.4. The number of aromatic nitrogens is 1. The zero-order valence-electron chi connectivity index (χ0n) is 10.6. The molecule has 0 amide bonds. The van der Waals surface area contributed by atoms with Gasteiger partial charge >= 0.3 is 5.76 Å². The fraction of sp³-hybridized carbons (Fsp3) is 0.143. The lowest BCUT2D eigenvalue weighted by atomic mass is 10.1. The fourth-order valence-corrected chi connectivity index (χ4v) is 3.20. The number of oxazole rings is 1. The van der Waals surface area contributed by atoms with Gasteiger partial charge in [-0.2, -0.15) is 0 Å². The number of benzene rings is 1. The number of carbonyl (C=O) groups excluding carboxylic acids is 1. The maximum Gasteiger partial charge on any atom is 0.419 e. The smallest absolute Gasteiger partial charge is 0.408 e. The van der Waals surface area contributed by atoms with E-state index >= 15 is 0 Å². The van der Waals surface area contributed by atoms with Crippen molar-refractivity contribution in [1.29, 1.82) is 0 Å². The van der Waals surface area contributed by atoms with Gasteiger partial charge in [-0.1, -0.05) is 11.6 Å². The van der Waals surface area contributed by atoms with E-state index in [0.29, 0.717) is 33.1 Å². The first-order valence-electron chi connectivity index (χ1n) is 6.03. The predicted molar refractivity (Wildman–Crippen MR) is 78.9 cm³/mol. The van der Waals surface area contributed by atoms with Crippen molar-refractivity contribution in [1.82, 2.24) is 4.57 Å². The first kappa shape index (κ1) is 13.1. The molecule has 0 atom stereocenters. The zero-order valence-corrected chi connectivity index (χ0v) is 12.1. The lowest BCUT2D eigenvalue weighted by Gasteiger charge is -2.00. The Morgan fingerprint density at radius 2 is 2.20 bits per heavy atom. The molecule has 6 heteroatoms. The van der Waals surface area contributed by atoms with Gasteiger partial charge in [-0.05, 0) is 36.6 Å². The highest BCUT2D eigenvalue weighted by Gasteiger charge is 2.16. The van der Waals surface area contributed by atoms with Gasteiger partial charge in [-0.25, -0.2) is 4.79 Å². The monoisotopic (exact) mass is 307 g/mol. The third-order valence-electron chi connectivity index (χ3n) is 3.07. The molecule has 0 unspecified atom stereocenters. The minimum Gasteiger partial charge on any atom is -0.408 e. The van der Waals surface area contributed by atoms with E-state index in [1.807, 2.05) is 6.92 Å². The number of hydrogen-bond donors (Lipinski definition) is 0. The van der Waals surface area contributed by atoms with Crippen LogP contribution in [0, 0.1) is 0 Å². The van der Waals surface area contributed by atoms with Crippen LogP contribution < -0.4 is 5.76 Å². The standard InChI is InChI=1S/C14H10ClNO3S/c1-2-16-10-4-3-8(7-11(10)19-14(16)18)12(17)13-9(15)5-6-20-13/h3-7H,2H2,1H3. The molecule has 0 N–H and O–H groups in total. The highest BCUT2D eigenvalue weighted by Crippen LogP contribution is 2.26. The van der Waals surface area contributed by atoms with Crippen LogP contribution in [0.2, 0.25) is 5.02 Å². The Morgan fingerprint density at radius 3 is 2.85 bits per heavy atom. The van der Waals surface area contributed by atoms with Crippen LogP contribution >= 0.6 is 22.9 Å². The number of halogens is 1. The van der Waals surface area contributed by atoms with E-state index in [-0.39, 0.29) is 5.78 Å². The highest BCUT2D eigenvalue weighted by atomic mass is 35.5. The highest BCUT2D eigenvalue weighted by molar-refractivity contribution is 7.13. The van der Waals surface area contributed by atoms with Crippen LogP contribution in [0.25, 0.3) is 11.1 Å². The molecule has 3 rings (SSSR count). The summed E-state index contributed by atoms with van der Waals surface area (Å²) in [5, 5.41) is 2.20. The summed E-state index contributed by atoms with van der Waals surface area (Å²) in [6.45, 7) is 2.39. The average molecular weight is 308 g/mol. The summed E-state index contributed by atoms with van der Waals surface area (Å²) in [6.07, 6.45) is 0. The minimum atomic E-state index is -0.416. The van der Waals surface area contributed by atoms with Gasteiger partial charge in [-0.15, -0.1) is 11.3 Å². The summed E-state index contributed by atoms with van der Waals surface area (Å²) in [7, 11) is 0. The number of hydrogen-bond acceptors (Lipinski definition) is 4. The van der Waals surface area contributed by atoms with Crippen molar-refractivity contribution in [3.8, 4) is 0 Å². The largest absolute Gasteiger partial charge is 0.419 e. The van der Waals surface area contributed by atoms with Gasteiger partial charge in [0.2, 0.25) is 5.78 Å². The molecule has 102 valence electrons. The first-order valence-corrected chi connectivity index (χ1v) is 7.28. The molecule has 0 radical (unpaired) electrons. The molecule has 0 bridgehead atoms. The van der Waals surface area contributed by atoms with Crippen LogP contribution in [-0.2, 0) is 6.54 Å². The molecule has 0 aliphatic heterocycles. The molecule has 2 aromatic heterocycles. The van der Waals surface area contributed by atoms with Crippen LogP contribution in [0.1, 0.15) is 22.2 Å². The molecule has 0 saturated carbocycles. The molecule has 3 aromatic rings. The number of fused-ring (bicyclic) bond motifs is 1. The summed E-state index contributed by atoms with van der Waals surface area (Å²) in [5.41, 5.74) is 1.56. The van der Waals surface area contributed by atoms with Gasteiger partial charge in [-0.3, -0.25) is 9.36 Å². The normalized spacial score (nSPS) is 11.1. The quantitative estimate of drug-likeness (QED) is 0.695. The average Bonchev–Trinajstić information content (AvgIpc) is 2.99. The van der Waals surface area contributed by atoms with E-state index in [0.717, 1.165) is 0 Å². The van der Waals surface area contributed by atoms with Gasteiger partial charge in [0.25, 0.3) is 0 Å². The predicted octanol–water partition coefficient (Wildman–Crippen LogP) is 3.56. The Morgan fingerprint density at radius 1 is 1.40 bits per heavy atom. The summed E-state index contributed by atoms with van der Waals surface area (Å²) >= 11 is 7.26. The summed E-state index contributed by atoms with van der Waals surface area (Å²) < 4.78 is 6.67. The van der Waals surface area contributed by atoms with Crippen molar-refractivity contribution >= 4 is 39.8 Å². The first-order chi connectivity index (χ1) is 9.61. The maximum atomic E-state index is 12.3. The Labute approximate surface area is 123 Å². The number of nitrogens with zero attached hydrogens (tertiary/aromatic N) is 1. The molecule has 0 spiro atoms. The van der Waals surface area contributed by atoms with Crippen LogP contribution in [0.3, 0.4) is 0 Å². The molecule has 0 fully saturated rings. The van der Waals surface area contributed by atoms with Gasteiger partial charge in [0, 0.05) is 12.1 Å². The third kappa shape index (κ3) is 1.99. The minimum absolute atomic E-state index is 0.168. The van der Waals surface area contributed by atoms with Crippen molar-refractivity contribution in [2.75, 3.05) is 0 Å². The molecule has 0 aliphatic rings. The third-order valence-corrected chi connectivity index (χ3v) is 4.41. The lowest BCUT2D eigenvalue weighted by Crippen LogP contribution is -2.11. The van der Waals surface area contributed by atoms with Crippen molar-refractivity contribution in [3.05, 3.63) is 55.7 Å². The number of thiophene rings is 1. The second-order valence-electron chi connectivity index (χ2n) is 4.22. The van der Waals surface area contributed by atoms with Crippen molar-refractivity contribution in [3.63, 3.8) is 0 Å². The molecule has 0 saturated heterocycles. The van der Waals surface area contributed by atoms with E-state index in [1.165, 1.54) is 15.9 Å².